The number of halogens is 1. The molecule has 2 aromatic rings. The Morgan fingerprint density at radius 2 is 2.33 bits per heavy atom. The lowest BCUT2D eigenvalue weighted by Crippen LogP contribution is -2.57. The molecule has 0 unspecified atom stereocenters. The van der Waals surface area contributed by atoms with E-state index in [9.17, 15) is 9.50 Å². The molecule has 2 aromatic heterocycles. The van der Waals surface area contributed by atoms with Gasteiger partial charge in [-0.15, -0.1) is 0 Å². The van der Waals surface area contributed by atoms with Crippen molar-refractivity contribution in [2.45, 2.75) is 44.1 Å². The number of ether oxygens (including phenoxy) is 2. The van der Waals surface area contributed by atoms with Crippen molar-refractivity contribution in [1.29, 1.82) is 0 Å². The van der Waals surface area contributed by atoms with Gasteiger partial charge in [-0.1, -0.05) is 0 Å². The van der Waals surface area contributed by atoms with Crippen molar-refractivity contribution in [3.05, 3.63) is 47.8 Å². The van der Waals surface area contributed by atoms with Crippen LogP contribution in [0.25, 0.3) is 0 Å². The van der Waals surface area contributed by atoms with Crippen LogP contribution in [0.15, 0.2) is 30.9 Å². The molecule has 7 nitrogen and oxygen atoms in total. The fourth-order valence-electron chi connectivity index (χ4n) is 3.31. The van der Waals surface area contributed by atoms with Gasteiger partial charge >= 0.3 is 0 Å². The van der Waals surface area contributed by atoms with E-state index in [1.807, 2.05) is 13.1 Å². The van der Waals surface area contributed by atoms with Crippen molar-refractivity contribution in [2.24, 2.45) is 0 Å². The van der Waals surface area contributed by atoms with Gasteiger partial charge in [-0.3, -0.25) is 9.67 Å². The topological polar surface area (TPSA) is 81.4 Å². The third-order valence-electron chi connectivity index (χ3n) is 4.55. The first kappa shape index (κ1) is 15.6. The largest absolute Gasteiger partial charge is 0.389 e. The lowest BCUT2D eigenvalue weighted by atomic mass is 9.96. The summed E-state index contributed by atoms with van der Waals surface area (Å²) in [5, 5.41) is 18.3. The Labute approximate surface area is 138 Å². The second-order valence-corrected chi connectivity index (χ2v) is 6.23. The van der Waals surface area contributed by atoms with E-state index in [4.69, 9.17) is 9.47 Å². The molecule has 0 saturated carbocycles. The summed E-state index contributed by atoms with van der Waals surface area (Å²) >= 11 is 0. The second-order valence-electron chi connectivity index (χ2n) is 6.23. The molecule has 0 aromatic carbocycles. The average Bonchev–Trinajstić information content (AvgIpc) is 3.17. The van der Waals surface area contributed by atoms with E-state index >= 15 is 0 Å². The summed E-state index contributed by atoms with van der Waals surface area (Å²) in [6.45, 7) is 2.58. The third kappa shape index (κ3) is 2.71. The maximum absolute atomic E-state index is 13.7. The predicted octanol–water partition coefficient (Wildman–Crippen LogP) is 0.541. The van der Waals surface area contributed by atoms with Crippen molar-refractivity contribution in [3.8, 4) is 0 Å². The van der Waals surface area contributed by atoms with Crippen LogP contribution < -0.4 is 5.32 Å². The van der Waals surface area contributed by atoms with Gasteiger partial charge in [-0.05, 0) is 18.6 Å². The molecule has 2 saturated heterocycles. The Morgan fingerprint density at radius 3 is 3.08 bits per heavy atom. The lowest BCUT2D eigenvalue weighted by Gasteiger charge is -2.38. The molecule has 128 valence electrons. The van der Waals surface area contributed by atoms with E-state index in [-0.39, 0.29) is 24.5 Å². The van der Waals surface area contributed by atoms with E-state index in [0.717, 1.165) is 5.56 Å². The molecule has 2 N–H and O–H groups in total. The van der Waals surface area contributed by atoms with Gasteiger partial charge in [0.1, 0.15) is 18.0 Å². The van der Waals surface area contributed by atoms with Crippen LogP contribution in [-0.2, 0) is 16.0 Å². The summed E-state index contributed by atoms with van der Waals surface area (Å²) in [6, 6.07) is 0.781. The van der Waals surface area contributed by atoms with Gasteiger partial charge in [0.2, 0.25) is 0 Å². The molecule has 24 heavy (non-hydrogen) atoms. The molecule has 4 heterocycles. The molecule has 0 spiro atoms. The summed E-state index contributed by atoms with van der Waals surface area (Å²) in [6.07, 6.45) is 4.72. The number of nitrogens with zero attached hydrogens (tertiary/aromatic N) is 3. The predicted molar refractivity (Wildman–Crippen MR) is 81.4 cm³/mol. The van der Waals surface area contributed by atoms with Gasteiger partial charge in [0.05, 0.1) is 31.1 Å². The fraction of sp³-hybridized carbons (Fsp3) is 0.500. The van der Waals surface area contributed by atoms with E-state index < -0.39 is 18.4 Å². The van der Waals surface area contributed by atoms with Crippen LogP contribution >= 0.6 is 0 Å². The Morgan fingerprint density at radius 1 is 1.46 bits per heavy atom. The van der Waals surface area contributed by atoms with Crippen LogP contribution in [-0.4, -0.2) is 51.0 Å². The van der Waals surface area contributed by atoms with E-state index in [1.165, 1.54) is 12.4 Å². The first-order valence-electron chi connectivity index (χ1n) is 7.91. The zero-order valence-electron chi connectivity index (χ0n) is 13.2. The number of fused-ring (bicyclic) bond motifs is 2. The van der Waals surface area contributed by atoms with Gasteiger partial charge in [0, 0.05) is 24.5 Å². The minimum absolute atomic E-state index is 0.269. The van der Waals surface area contributed by atoms with Crippen LogP contribution in [0.5, 0.6) is 0 Å². The molecule has 8 heteroatoms. The van der Waals surface area contributed by atoms with Crippen LogP contribution in [0.1, 0.15) is 17.2 Å². The summed E-state index contributed by atoms with van der Waals surface area (Å²) in [7, 11) is 0. The Hall–Kier alpha value is -1.87. The van der Waals surface area contributed by atoms with E-state index in [1.54, 1.807) is 16.9 Å². The Balaban J connectivity index is 1.53. The van der Waals surface area contributed by atoms with Gasteiger partial charge in [0.25, 0.3) is 0 Å². The molecular weight excluding hydrogens is 315 g/mol. The number of aromatic nitrogens is 3. The monoisotopic (exact) mass is 334 g/mol. The molecule has 2 bridgehead atoms. The van der Waals surface area contributed by atoms with Crippen molar-refractivity contribution in [2.75, 3.05) is 6.61 Å². The van der Waals surface area contributed by atoms with Crippen molar-refractivity contribution in [3.63, 3.8) is 0 Å². The molecule has 2 fully saturated rings. The molecule has 0 radical (unpaired) electrons. The molecule has 0 aliphatic carbocycles. The number of aryl methyl sites for hydroxylation is 1. The smallest absolute Gasteiger partial charge is 0.183 e. The highest BCUT2D eigenvalue weighted by atomic mass is 19.1. The van der Waals surface area contributed by atoms with Crippen LogP contribution in [0.2, 0.25) is 0 Å². The highest BCUT2D eigenvalue weighted by Crippen LogP contribution is 2.35. The fourth-order valence-corrected chi connectivity index (χ4v) is 3.31. The standard InChI is InChI=1S/C16H19FN4O3/c1-9-4-20-21(7-9)14-15(22)13(12-8-23-16(14)24-12)19-5-10-2-3-18-6-11(10)17/h2-4,6-7,12-16,19,22H,5,8H2,1H3/t12-,13-,14-,15+,16-/m1/s1. The first-order chi connectivity index (χ1) is 11.6. The molecule has 0 amide bonds. The van der Waals surface area contributed by atoms with Crippen LogP contribution in [0.4, 0.5) is 4.39 Å². The molecule has 5 atom stereocenters. The minimum atomic E-state index is -0.763. The lowest BCUT2D eigenvalue weighted by molar-refractivity contribution is -0.168. The van der Waals surface area contributed by atoms with Crippen molar-refractivity contribution < 1.29 is 19.0 Å². The summed E-state index contributed by atoms with van der Waals surface area (Å²) in [5.41, 5.74) is 1.48. The Kier molecular flexibility index (Phi) is 4.05. The zero-order chi connectivity index (χ0) is 16.7. The number of aliphatic hydroxyl groups is 1. The molecule has 2 aliphatic rings. The number of pyridine rings is 1. The van der Waals surface area contributed by atoms with Gasteiger partial charge in [-0.2, -0.15) is 5.10 Å². The minimum Gasteiger partial charge on any atom is -0.389 e. The van der Waals surface area contributed by atoms with Crippen LogP contribution in [0, 0.1) is 12.7 Å². The second kappa shape index (κ2) is 6.21. The number of rotatable bonds is 4. The quantitative estimate of drug-likeness (QED) is 0.849. The first-order valence-corrected chi connectivity index (χ1v) is 7.91. The molecular formula is C16H19FN4O3. The van der Waals surface area contributed by atoms with Gasteiger partial charge < -0.3 is 19.9 Å². The average molecular weight is 334 g/mol. The summed E-state index contributed by atoms with van der Waals surface area (Å²) in [5.74, 6) is -0.379. The highest BCUT2D eigenvalue weighted by Gasteiger charge is 2.51. The highest BCUT2D eigenvalue weighted by molar-refractivity contribution is 5.13. The van der Waals surface area contributed by atoms with Crippen molar-refractivity contribution in [1.82, 2.24) is 20.1 Å². The molecule has 2 aliphatic heterocycles. The molecule has 4 rings (SSSR count). The third-order valence-corrected chi connectivity index (χ3v) is 4.55. The maximum Gasteiger partial charge on any atom is 0.183 e. The maximum atomic E-state index is 13.7. The summed E-state index contributed by atoms with van der Waals surface area (Å²) in [4.78, 5) is 3.74. The van der Waals surface area contributed by atoms with Crippen molar-refractivity contribution >= 4 is 0 Å². The SMILES string of the molecule is Cc1cnn([C@H]2[C@@H]3OC[C@@H](O3)[C@@H](NCc3ccncc3F)[C@@H]2O)c1. The van der Waals surface area contributed by atoms with Gasteiger partial charge in [-0.25, -0.2) is 4.39 Å². The summed E-state index contributed by atoms with van der Waals surface area (Å²) < 4.78 is 26.9. The van der Waals surface area contributed by atoms with E-state index in [0.29, 0.717) is 12.2 Å². The zero-order valence-corrected chi connectivity index (χ0v) is 13.2. The Bertz CT molecular complexity index is 725. The number of hydrogen-bond donors (Lipinski definition) is 2. The normalized spacial score (nSPS) is 32.2. The van der Waals surface area contributed by atoms with Gasteiger partial charge in [0.15, 0.2) is 6.29 Å². The number of aliphatic hydroxyl groups excluding tert-OH is 1. The number of nitrogens with one attached hydrogen (secondary N) is 1. The van der Waals surface area contributed by atoms with Crippen LogP contribution in [0.3, 0.4) is 0 Å². The van der Waals surface area contributed by atoms with E-state index in [2.05, 4.69) is 15.4 Å². The number of hydrogen-bond acceptors (Lipinski definition) is 6.